The molecule has 0 spiro atoms. The number of quaternary nitrogens is 1. The number of nitrogens with zero attached hydrogens (tertiary/aromatic N) is 2. The predicted octanol–water partition coefficient (Wildman–Crippen LogP) is 1.86. The number of hydrogen-bond acceptors (Lipinski definition) is 3. The number of aromatic amines is 1. The number of fused-ring (bicyclic) bond motifs is 2. The second-order valence-electron chi connectivity index (χ2n) is 4.80. The fourth-order valence-corrected chi connectivity index (χ4v) is 2.87. The lowest BCUT2D eigenvalue weighted by molar-refractivity contribution is -0.751. The number of amidine groups is 1. The SMILES string of the molecule is N[N+]12C=CNC=C1C(=S)N=C2c1cc2ccccc2[nH]1. The summed E-state index contributed by atoms with van der Waals surface area (Å²) in [7, 11) is 0. The Morgan fingerprint density at radius 3 is 2.95 bits per heavy atom. The van der Waals surface area contributed by atoms with Crippen molar-refractivity contribution in [1.29, 1.82) is 0 Å². The number of rotatable bonds is 1. The molecule has 1 aromatic carbocycles. The molecule has 1 atom stereocenters. The molecule has 0 saturated carbocycles. The number of nitrogens with one attached hydrogen (secondary N) is 2. The maximum absolute atomic E-state index is 6.46. The van der Waals surface area contributed by atoms with Crippen molar-refractivity contribution in [3.63, 3.8) is 0 Å². The quantitative estimate of drug-likeness (QED) is 0.425. The zero-order chi connectivity index (χ0) is 13.7. The maximum Gasteiger partial charge on any atom is 0.282 e. The first-order valence-corrected chi connectivity index (χ1v) is 6.63. The highest BCUT2D eigenvalue weighted by Crippen LogP contribution is 2.29. The number of thiocarbonyl (C=S) groups is 1. The van der Waals surface area contributed by atoms with Gasteiger partial charge in [-0.25, -0.2) is 0 Å². The van der Waals surface area contributed by atoms with Gasteiger partial charge < -0.3 is 10.3 Å². The fraction of sp³-hybridized carbons (Fsp3) is 0. The number of aliphatic imine (C=N–C) groups is 1. The van der Waals surface area contributed by atoms with E-state index in [2.05, 4.69) is 15.3 Å². The van der Waals surface area contributed by atoms with Gasteiger partial charge in [-0.05, 0) is 12.1 Å². The molecular weight excluding hydrogens is 270 g/mol. The van der Waals surface area contributed by atoms with Crippen LogP contribution in [0.1, 0.15) is 5.69 Å². The minimum atomic E-state index is -0.00133. The summed E-state index contributed by atoms with van der Waals surface area (Å²) in [5, 5.41) is 4.13. The van der Waals surface area contributed by atoms with Crippen molar-refractivity contribution in [2.45, 2.75) is 0 Å². The van der Waals surface area contributed by atoms with Crippen molar-refractivity contribution >= 4 is 33.9 Å². The average molecular weight is 282 g/mol. The fourth-order valence-electron chi connectivity index (χ4n) is 2.57. The normalized spacial score (nSPS) is 24.4. The molecule has 3 heterocycles. The van der Waals surface area contributed by atoms with Gasteiger partial charge in [-0.15, -0.1) is 4.59 Å². The first-order valence-electron chi connectivity index (χ1n) is 6.22. The third-order valence-corrected chi connectivity index (χ3v) is 3.87. The average Bonchev–Trinajstić information content (AvgIpc) is 2.98. The predicted molar refractivity (Wildman–Crippen MR) is 82.2 cm³/mol. The molecule has 2 aromatic rings. The number of benzene rings is 1. The van der Waals surface area contributed by atoms with E-state index in [0.717, 1.165) is 22.3 Å². The lowest BCUT2D eigenvalue weighted by atomic mass is 10.2. The Morgan fingerprint density at radius 1 is 1.25 bits per heavy atom. The molecule has 6 heteroatoms. The Kier molecular flexibility index (Phi) is 2.23. The van der Waals surface area contributed by atoms with E-state index in [1.54, 1.807) is 12.4 Å². The monoisotopic (exact) mass is 282 g/mol. The Labute approximate surface area is 120 Å². The maximum atomic E-state index is 6.46. The van der Waals surface area contributed by atoms with Gasteiger partial charge in [-0.2, -0.15) is 10.8 Å². The summed E-state index contributed by atoms with van der Waals surface area (Å²) in [5.41, 5.74) is 2.71. The van der Waals surface area contributed by atoms with E-state index in [4.69, 9.17) is 18.1 Å². The summed E-state index contributed by atoms with van der Waals surface area (Å²) in [5.74, 6) is 7.16. The van der Waals surface area contributed by atoms with Crippen LogP contribution in [0, 0.1) is 0 Å². The van der Waals surface area contributed by atoms with Gasteiger partial charge in [0, 0.05) is 10.9 Å². The van der Waals surface area contributed by atoms with Crippen molar-refractivity contribution in [1.82, 2.24) is 10.3 Å². The van der Waals surface area contributed by atoms with Gasteiger partial charge >= 0.3 is 0 Å². The standard InChI is InChI=1S/C14H11N5S/c15-19-6-5-16-8-12(19)14(20)18-13(19)11-7-9-3-1-2-4-10(9)17-11/h1-8H,15H2,(H-,16,17,18,20)/p+1. The number of hydrogen-bond donors (Lipinski definition) is 3. The third kappa shape index (κ3) is 1.44. The molecule has 0 aliphatic carbocycles. The molecule has 4 N–H and O–H groups in total. The van der Waals surface area contributed by atoms with Gasteiger partial charge in [0.15, 0.2) is 4.99 Å². The molecule has 98 valence electrons. The van der Waals surface area contributed by atoms with Crippen LogP contribution < -0.4 is 11.2 Å². The van der Waals surface area contributed by atoms with Gasteiger partial charge in [0.1, 0.15) is 11.9 Å². The number of aromatic nitrogens is 1. The van der Waals surface area contributed by atoms with E-state index in [1.165, 1.54) is 0 Å². The van der Waals surface area contributed by atoms with E-state index in [9.17, 15) is 0 Å². The number of nitrogens with two attached hydrogens (primary N) is 1. The highest BCUT2D eigenvalue weighted by molar-refractivity contribution is 7.80. The molecule has 1 aromatic heterocycles. The van der Waals surface area contributed by atoms with Gasteiger partial charge in [0.2, 0.25) is 5.70 Å². The summed E-state index contributed by atoms with van der Waals surface area (Å²) >= 11 is 5.31. The largest absolute Gasteiger partial charge is 0.358 e. The van der Waals surface area contributed by atoms with Crippen molar-refractivity contribution in [3.8, 4) is 0 Å². The number of para-hydroxylation sites is 1. The number of H-pyrrole nitrogens is 1. The van der Waals surface area contributed by atoms with Gasteiger partial charge in [-0.3, -0.25) is 0 Å². The minimum absolute atomic E-state index is 0.00133. The van der Waals surface area contributed by atoms with E-state index in [1.807, 2.05) is 36.5 Å². The summed E-state index contributed by atoms with van der Waals surface area (Å²) < 4.78 is -0.00133. The van der Waals surface area contributed by atoms with Crippen molar-refractivity contribution in [2.75, 3.05) is 0 Å². The van der Waals surface area contributed by atoms with E-state index in [0.29, 0.717) is 10.8 Å². The molecule has 1 unspecified atom stereocenters. The van der Waals surface area contributed by atoms with Crippen LogP contribution in [-0.2, 0) is 0 Å². The van der Waals surface area contributed by atoms with E-state index < -0.39 is 0 Å². The smallest absolute Gasteiger partial charge is 0.282 e. The highest BCUT2D eigenvalue weighted by Gasteiger charge is 2.46. The minimum Gasteiger partial charge on any atom is -0.358 e. The highest BCUT2D eigenvalue weighted by atomic mass is 32.1. The van der Waals surface area contributed by atoms with Crippen molar-refractivity contribution < 1.29 is 4.59 Å². The van der Waals surface area contributed by atoms with Gasteiger partial charge in [0.05, 0.1) is 12.4 Å². The Morgan fingerprint density at radius 2 is 2.10 bits per heavy atom. The summed E-state index contributed by atoms with van der Waals surface area (Å²) in [6, 6.07) is 10.1. The van der Waals surface area contributed by atoms with Crippen molar-refractivity contribution in [2.24, 2.45) is 10.8 Å². The second-order valence-corrected chi connectivity index (χ2v) is 5.19. The molecule has 0 amide bonds. The topological polar surface area (TPSA) is 66.2 Å². The van der Waals surface area contributed by atoms with Crippen LogP contribution in [0.4, 0.5) is 0 Å². The molecular formula is C14H12N5S+. The summed E-state index contributed by atoms with van der Waals surface area (Å²) in [4.78, 5) is 8.34. The second kappa shape index (κ2) is 3.86. The third-order valence-electron chi connectivity index (χ3n) is 3.57. The molecule has 4 rings (SSSR count). The molecule has 2 aliphatic rings. The molecule has 2 aliphatic heterocycles. The van der Waals surface area contributed by atoms with E-state index >= 15 is 0 Å². The van der Waals surface area contributed by atoms with Gasteiger partial charge in [0.25, 0.3) is 5.84 Å². The molecule has 0 radical (unpaired) electrons. The lowest BCUT2D eigenvalue weighted by Crippen LogP contribution is -2.53. The Bertz CT molecular complexity index is 796. The molecule has 0 fully saturated rings. The van der Waals surface area contributed by atoms with Crippen molar-refractivity contribution in [3.05, 3.63) is 60.3 Å². The van der Waals surface area contributed by atoms with Crippen LogP contribution in [0.2, 0.25) is 0 Å². The molecule has 5 nitrogen and oxygen atoms in total. The van der Waals surface area contributed by atoms with E-state index in [-0.39, 0.29) is 4.59 Å². The van der Waals surface area contributed by atoms with Crippen LogP contribution in [0.5, 0.6) is 0 Å². The zero-order valence-corrected chi connectivity index (χ0v) is 11.3. The van der Waals surface area contributed by atoms with Crippen LogP contribution in [0.15, 0.2) is 59.6 Å². The van der Waals surface area contributed by atoms with Crippen LogP contribution in [0.3, 0.4) is 0 Å². The van der Waals surface area contributed by atoms with Crippen LogP contribution >= 0.6 is 12.2 Å². The van der Waals surface area contributed by atoms with Crippen LogP contribution in [-0.4, -0.2) is 20.4 Å². The van der Waals surface area contributed by atoms with Gasteiger partial charge in [-0.1, -0.05) is 30.4 Å². The first-order chi connectivity index (χ1) is 9.68. The zero-order valence-electron chi connectivity index (χ0n) is 10.5. The Hall–Kier alpha value is -2.28. The molecule has 20 heavy (non-hydrogen) atoms. The molecule has 0 bridgehead atoms. The van der Waals surface area contributed by atoms with Crippen LogP contribution in [0.25, 0.3) is 10.9 Å². The summed E-state index contributed by atoms with van der Waals surface area (Å²) in [6.45, 7) is 0. The lowest BCUT2D eigenvalue weighted by Gasteiger charge is -2.25. The Balaban J connectivity index is 1.91. The molecule has 0 saturated heterocycles. The summed E-state index contributed by atoms with van der Waals surface area (Å²) in [6.07, 6.45) is 5.41. The first kappa shape index (κ1) is 11.5.